The number of ether oxygens (including phenoxy) is 2. The predicted molar refractivity (Wildman–Crippen MR) is 64.6 cm³/mol. The highest BCUT2D eigenvalue weighted by molar-refractivity contribution is 14.1. The molecule has 0 amide bonds. The number of hydrogen-bond donors (Lipinski definition) is 0. The Morgan fingerprint density at radius 1 is 1.45 bits per heavy atom. The van der Waals surface area contributed by atoms with Crippen molar-refractivity contribution in [2.24, 2.45) is 0 Å². The number of alkyl halides is 5. The van der Waals surface area contributed by atoms with E-state index < -0.39 is 39.5 Å². The van der Waals surface area contributed by atoms with Gasteiger partial charge >= 0.3 is 12.3 Å². The Hall–Kier alpha value is -1.20. The van der Waals surface area contributed by atoms with Crippen LogP contribution in [0.25, 0.3) is 0 Å². The number of rotatable bonds is 4. The molecule has 1 rings (SSSR count). The number of hydrogen-bond acceptors (Lipinski definition) is 4. The Kier molecular flexibility index (Phi) is 5.48. The third kappa shape index (κ3) is 4.42. The summed E-state index contributed by atoms with van der Waals surface area (Å²) < 4.78 is 69.6. The zero-order valence-electron chi connectivity index (χ0n) is 9.80. The number of nitrogens with zero attached hydrogens (tertiary/aromatic N) is 1. The SMILES string of the molecule is CCOC(=O)c1cc(OC(F)(F)F)c(I)nc1C(F)F. The fourth-order valence-electron chi connectivity index (χ4n) is 1.22. The van der Waals surface area contributed by atoms with E-state index in [4.69, 9.17) is 0 Å². The summed E-state index contributed by atoms with van der Waals surface area (Å²) in [5.74, 6) is -2.04. The molecule has 0 saturated heterocycles. The van der Waals surface area contributed by atoms with E-state index >= 15 is 0 Å². The highest BCUT2D eigenvalue weighted by Crippen LogP contribution is 2.31. The van der Waals surface area contributed by atoms with Crippen molar-refractivity contribution in [1.82, 2.24) is 4.98 Å². The fourth-order valence-corrected chi connectivity index (χ4v) is 1.75. The van der Waals surface area contributed by atoms with E-state index in [1.165, 1.54) is 29.5 Å². The second-order valence-electron chi connectivity index (χ2n) is 3.28. The molecule has 0 N–H and O–H groups in total. The molecule has 0 aliphatic heterocycles. The Morgan fingerprint density at radius 3 is 2.50 bits per heavy atom. The van der Waals surface area contributed by atoms with Crippen molar-refractivity contribution >= 4 is 28.6 Å². The molecule has 20 heavy (non-hydrogen) atoms. The third-order valence-electron chi connectivity index (χ3n) is 1.90. The summed E-state index contributed by atoms with van der Waals surface area (Å²) in [4.78, 5) is 14.7. The number of halogens is 6. The molecule has 0 radical (unpaired) electrons. The highest BCUT2D eigenvalue weighted by Gasteiger charge is 2.34. The molecule has 4 nitrogen and oxygen atoms in total. The van der Waals surface area contributed by atoms with Crippen LogP contribution in [0.3, 0.4) is 0 Å². The van der Waals surface area contributed by atoms with Crippen LogP contribution in [0.1, 0.15) is 29.4 Å². The van der Waals surface area contributed by atoms with Gasteiger partial charge in [-0.15, -0.1) is 13.2 Å². The Labute approximate surface area is 123 Å². The minimum Gasteiger partial charge on any atom is -0.462 e. The Bertz CT molecular complexity index is 506. The van der Waals surface area contributed by atoms with E-state index in [1.54, 1.807) is 0 Å². The van der Waals surface area contributed by atoms with Gasteiger partial charge < -0.3 is 9.47 Å². The zero-order valence-corrected chi connectivity index (χ0v) is 12.0. The van der Waals surface area contributed by atoms with Crippen molar-refractivity contribution in [2.75, 3.05) is 6.61 Å². The first-order valence-electron chi connectivity index (χ1n) is 5.07. The summed E-state index contributed by atoms with van der Waals surface area (Å²) in [5, 5.41) is 0. The second-order valence-corrected chi connectivity index (χ2v) is 4.30. The van der Waals surface area contributed by atoms with Crippen LogP contribution in [-0.4, -0.2) is 23.9 Å². The molecule has 0 fully saturated rings. The number of aromatic nitrogens is 1. The Balaban J connectivity index is 3.30. The molecule has 1 aromatic rings. The van der Waals surface area contributed by atoms with E-state index in [9.17, 15) is 26.7 Å². The standard InChI is InChI=1S/C10H7F5INO3/c1-2-19-9(18)4-3-5(20-10(13,14)15)8(16)17-6(4)7(11)12/h3,7H,2H2,1H3. The maximum atomic E-state index is 12.7. The van der Waals surface area contributed by atoms with Gasteiger partial charge in [-0.3, -0.25) is 0 Å². The van der Waals surface area contributed by atoms with Gasteiger partial charge in [0.25, 0.3) is 6.43 Å². The summed E-state index contributed by atoms with van der Waals surface area (Å²) in [7, 11) is 0. The van der Waals surface area contributed by atoms with Crippen molar-refractivity contribution in [2.45, 2.75) is 19.7 Å². The number of esters is 1. The summed E-state index contributed by atoms with van der Waals surface area (Å²) in [5.41, 5.74) is -1.72. The Morgan fingerprint density at radius 2 is 2.05 bits per heavy atom. The lowest BCUT2D eigenvalue weighted by molar-refractivity contribution is -0.275. The van der Waals surface area contributed by atoms with E-state index in [2.05, 4.69) is 14.5 Å². The number of carbonyl (C=O) groups is 1. The molecule has 0 spiro atoms. The lowest BCUT2D eigenvalue weighted by Gasteiger charge is -2.13. The largest absolute Gasteiger partial charge is 0.573 e. The quantitative estimate of drug-likeness (QED) is 0.328. The summed E-state index contributed by atoms with van der Waals surface area (Å²) in [6.07, 6.45) is -8.16. The lowest BCUT2D eigenvalue weighted by atomic mass is 10.2. The molecule has 0 aromatic carbocycles. The molecular formula is C10H7F5INO3. The van der Waals surface area contributed by atoms with Crippen LogP contribution < -0.4 is 4.74 Å². The summed E-state index contributed by atoms with van der Waals surface area (Å²) in [6, 6.07) is 0.543. The number of pyridine rings is 1. The molecule has 0 aliphatic carbocycles. The van der Waals surface area contributed by atoms with E-state index in [0.29, 0.717) is 6.07 Å². The van der Waals surface area contributed by atoms with Gasteiger partial charge in [0.1, 0.15) is 9.39 Å². The van der Waals surface area contributed by atoms with E-state index in [0.717, 1.165) is 0 Å². The van der Waals surface area contributed by atoms with Crippen molar-refractivity contribution in [1.29, 1.82) is 0 Å². The van der Waals surface area contributed by atoms with Gasteiger partial charge in [0, 0.05) is 0 Å². The molecule has 112 valence electrons. The van der Waals surface area contributed by atoms with Crippen molar-refractivity contribution < 1.29 is 36.2 Å². The first-order chi connectivity index (χ1) is 9.15. The van der Waals surface area contributed by atoms with Gasteiger partial charge in [-0.05, 0) is 35.6 Å². The maximum absolute atomic E-state index is 12.7. The van der Waals surface area contributed by atoms with Gasteiger partial charge in [-0.1, -0.05) is 0 Å². The normalized spacial score (nSPS) is 11.6. The first-order valence-corrected chi connectivity index (χ1v) is 6.15. The third-order valence-corrected chi connectivity index (χ3v) is 2.67. The van der Waals surface area contributed by atoms with Crippen LogP contribution in [0.2, 0.25) is 0 Å². The molecule has 0 atom stereocenters. The lowest BCUT2D eigenvalue weighted by Crippen LogP contribution is -2.20. The van der Waals surface area contributed by atoms with Crippen molar-refractivity contribution in [3.05, 3.63) is 21.0 Å². The molecule has 0 unspecified atom stereocenters. The van der Waals surface area contributed by atoms with Crippen LogP contribution in [0, 0.1) is 3.70 Å². The van der Waals surface area contributed by atoms with Crippen molar-refractivity contribution in [3.8, 4) is 5.75 Å². The molecule has 0 saturated carbocycles. The van der Waals surface area contributed by atoms with Gasteiger partial charge in [-0.25, -0.2) is 18.6 Å². The van der Waals surface area contributed by atoms with Gasteiger partial charge in [0.05, 0.1) is 12.2 Å². The summed E-state index contributed by atoms with van der Waals surface area (Å²) >= 11 is 1.30. The van der Waals surface area contributed by atoms with Crippen LogP contribution >= 0.6 is 22.6 Å². The predicted octanol–water partition coefficient (Wildman–Crippen LogP) is 3.70. The average Bonchev–Trinajstić information content (AvgIpc) is 2.29. The molecular weight excluding hydrogens is 404 g/mol. The van der Waals surface area contributed by atoms with E-state index in [1.807, 2.05) is 0 Å². The van der Waals surface area contributed by atoms with Crippen LogP contribution in [0.4, 0.5) is 22.0 Å². The van der Waals surface area contributed by atoms with Crippen LogP contribution in [0.15, 0.2) is 6.07 Å². The summed E-state index contributed by atoms with van der Waals surface area (Å²) in [6.45, 7) is 1.30. The maximum Gasteiger partial charge on any atom is 0.573 e. The highest BCUT2D eigenvalue weighted by atomic mass is 127. The van der Waals surface area contributed by atoms with Gasteiger partial charge in [-0.2, -0.15) is 0 Å². The van der Waals surface area contributed by atoms with Gasteiger partial charge in [0.2, 0.25) is 0 Å². The second kappa shape index (κ2) is 6.50. The van der Waals surface area contributed by atoms with Crippen molar-refractivity contribution in [3.63, 3.8) is 0 Å². The molecule has 0 aliphatic rings. The molecule has 10 heteroatoms. The first kappa shape index (κ1) is 16.9. The minimum absolute atomic E-state index is 0.122. The fraction of sp³-hybridized carbons (Fsp3) is 0.400. The number of carbonyl (C=O) groups excluding carboxylic acids is 1. The average molecular weight is 411 g/mol. The molecule has 1 heterocycles. The van der Waals surface area contributed by atoms with Crippen LogP contribution in [-0.2, 0) is 4.74 Å². The molecule has 1 aromatic heterocycles. The topological polar surface area (TPSA) is 48.4 Å². The van der Waals surface area contributed by atoms with E-state index in [-0.39, 0.29) is 6.61 Å². The zero-order chi connectivity index (χ0) is 15.5. The monoisotopic (exact) mass is 411 g/mol. The van der Waals surface area contributed by atoms with Gasteiger partial charge in [0.15, 0.2) is 5.75 Å². The minimum atomic E-state index is -5.03. The molecule has 0 bridgehead atoms. The van der Waals surface area contributed by atoms with Crippen LogP contribution in [0.5, 0.6) is 5.75 Å². The smallest absolute Gasteiger partial charge is 0.462 e.